The molecule has 1 amide bonds. The molecule has 0 radical (unpaired) electrons. The van der Waals surface area contributed by atoms with Crippen LogP contribution in [0.4, 0.5) is 0 Å². The van der Waals surface area contributed by atoms with Gasteiger partial charge in [-0.15, -0.1) is 11.3 Å². The average molecular weight is 394 g/mol. The van der Waals surface area contributed by atoms with Crippen molar-refractivity contribution < 1.29 is 4.79 Å². The monoisotopic (exact) mass is 393 g/mol. The Hall–Kier alpha value is -1.96. The number of halogens is 1. The van der Waals surface area contributed by atoms with Gasteiger partial charge in [0.05, 0.1) is 6.54 Å². The van der Waals surface area contributed by atoms with Gasteiger partial charge in [-0.3, -0.25) is 9.59 Å². The van der Waals surface area contributed by atoms with E-state index in [4.69, 9.17) is 11.6 Å². The van der Waals surface area contributed by atoms with E-state index in [0.717, 1.165) is 22.6 Å². The summed E-state index contributed by atoms with van der Waals surface area (Å²) in [5.74, 6) is -0.243. The summed E-state index contributed by atoms with van der Waals surface area (Å²) < 4.78 is 3.50. The molecule has 0 N–H and O–H groups in total. The third kappa shape index (κ3) is 4.36. The topological polar surface area (TPSA) is 56.4 Å². The minimum atomic E-state index is -0.243. The highest BCUT2D eigenvalue weighted by Gasteiger charge is 2.07. The van der Waals surface area contributed by atoms with Crippen molar-refractivity contribution in [1.29, 1.82) is 0 Å². The van der Waals surface area contributed by atoms with Gasteiger partial charge in [-0.05, 0) is 18.6 Å². The number of amides is 1. The van der Waals surface area contributed by atoms with E-state index in [2.05, 4.69) is 4.99 Å². The highest BCUT2D eigenvalue weighted by Crippen LogP contribution is 2.15. The smallest absolute Gasteiger partial charge is 0.307 e. The molecule has 0 spiro atoms. The van der Waals surface area contributed by atoms with Crippen LogP contribution in [0.5, 0.6) is 0 Å². The second-order valence-electron chi connectivity index (χ2n) is 5.46. The van der Waals surface area contributed by atoms with Crippen LogP contribution in [-0.2, 0) is 17.9 Å². The van der Waals surface area contributed by atoms with Gasteiger partial charge in [-0.25, -0.2) is 0 Å². The zero-order valence-corrected chi connectivity index (χ0v) is 15.9. The molecule has 25 heavy (non-hydrogen) atoms. The highest BCUT2D eigenvalue weighted by atomic mass is 35.5. The zero-order chi connectivity index (χ0) is 17.8. The van der Waals surface area contributed by atoms with Crippen LogP contribution in [0.25, 0.3) is 0 Å². The summed E-state index contributed by atoms with van der Waals surface area (Å²) in [5.41, 5.74) is 1.84. The second kappa shape index (κ2) is 7.95. The summed E-state index contributed by atoms with van der Waals surface area (Å²) in [6, 6.07) is 7.60. The molecule has 0 bridgehead atoms. The SMILES string of the molecule is Cc1csc(=O)n1CCC(=O)N=c1sccn1Cc1ccccc1Cl. The van der Waals surface area contributed by atoms with Crippen molar-refractivity contribution in [1.82, 2.24) is 9.13 Å². The minimum Gasteiger partial charge on any atom is -0.319 e. The average Bonchev–Trinajstić information content (AvgIpc) is 3.15. The fourth-order valence-corrected chi connectivity index (χ4v) is 4.06. The summed E-state index contributed by atoms with van der Waals surface area (Å²) in [6.45, 7) is 2.76. The number of benzene rings is 1. The molecule has 8 heteroatoms. The van der Waals surface area contributed by atoms with Crippen molar-refractivity contribution in [2.75, 3.05) is 0 Å². The van der Waals surface area contributed by atoms with E-state index in [1.54, 1.807) is 9.95 Å². The van der Waals surface area contributed by atoms with Gasteiger partial charge in [0.2, 0.25) is 5.91 Å². The number of carbonyl (C=O) groups excluding carboxylic acids is 1. The Morgan fingerprint density at radius 3 is 2.80 bits per heavy atom. The van der Waals surface area contributed by atoms with Crippen LogP contribution in [-0.4, -0.2) is 15.0 Å². The molecule has 0 aliphatic carbocycles. The van der Waals surface area contributed by atoms with E-state index < -0.39 is 0 Å². The Bertz CT molecular complexity index is 1010. The Labute approximate surface area is 157 Å². The Kier molecular flexibility index (Phi) is 5.67. The Balaban J connectivity index is 1.74. The lowest BCUT2D eigenvalue weighted by atomic mass is 10.2. The normalized spacial score (nSPS) is 11.8. The lowest BCUT2D eigenvalue weighted by molar-refractivity contribution is -0.118. The number of thiazole rings is 2. The molecule has 0 aliphatic rings. The summed E-state index contributed by atoms with van der Waals surface area (Å²) in [5, 5.41) is 4.36. The minimum absolute atomic E-state index is 0.0461. The summed E-state index contributed by atoms with van der Waals surface area (Å²) in [7, 11) is 0. The van der Waals surface area contributed by atoms with E-state index in [-0.39, 0.29) is 17.2 Å². The van der Waals surface area contributed by atoms with Crippen LogP contribution in [0, 0.1) is 6.92 Å². The molecule has 3 rings (SSSR count). The molecular weight excluding hydrogens is 378 g/mol. The number of hydrogen-bond acceptors (Lipinski definition) is 4. The van der Waals surface area contributed by atoms with Crippen molar-refractivity contribution in [3.8, 4) is 0 Å². The third-order valence-electron chi connectivity index (χ3n) is 3.70. The standard InChI is InChI=1S/C17H16ClN3O2S2/c1-12-11-25-17(23)21(12)7-6-15(22)19-16-20(8-9-24-16)10-13-4-2-3-5-14(13)18/h2-5,8-9,11H,6-7,10H2,1H3. The summed E-state index contributed by atoms with van der Waals surface area (Å²) in [6.07, 6.45) is 2.08. The van der Waals surface area contributed by atoms with Gasteiger partial charge in [0.15, 0.2) is 4.80 Å². The largest absolute Gasteiger partial charge is 0.319 e. The predicted molar refractivity (Wildman–Crippen MR) is 101 cm³/mol. The van der Waals surface area contributed by atoms with E-state index in [9.17, 15) is 9.59 Å². The predicted octanol–water partition coefficient (Wildman–Crippen LogP) is 3.30. The number of rotatable bonds is 5. The number of aryl methyl sites for hydroxylation is 1. The molecule has 3 aromatic rings. The van der Waals surface area contributed by atoms with Crippen LogP contribution >= 0.6 is 34.3 Å². The maximum atomic E-state index is 12.2. The molecule has 130 valence electrons. The molecule has 0 atom stereocenters. The second-order valence-corrected chi connectivity index (χ2v) is 7.56. The van der Waals surface area contributed by atoms with Crippen molar-refractivity contribution >= 4 is 40.2 Å². The fraction of sp³-hybridized carbons (Fsp3) is 0.235. The third-order valence-corrected chi connectivity index (χ3v) is 5.75. The van der Waals surface area contributed by atoms with Gasteiger partial charge in [0.25, 0.3) is 0 Å². The van der Waals surface area contributed by atoms with Gasteiger partial charge in [-0.1, -0.05) is 41.1 Å². The van der Waals surface area contributed by atoms with Crippen molar-refractivity contribution in [3.63, 3.8) is 0 Å². The molecule has 2 heterocycles. The first-order valence-corrected chi connectivity index (χ1v) is 9.78. The first kappa shape index (κ1) is 17.8. The number of nitrogens with zero attached hydrogens (tertiary/aromatic N) is 3. The lowest BCUT2D eigenvalue weighted by Crippen LogP contribution is -2.19. The molecule has 2 aromatic heterocycles. The van der Waals surface area contributed by atoms with Crippen LogP contribution in [0.3, 0.4) is 0 Å². The molecule has 0 saturated carbocycles. The van der Waals surface area contributed by atoms with Gasteiger partial charge >= 0.3 is 4.87 Å². The van der Waals surface area contributed by atoms with Crippen molar-refractivity contribution in [2.24, 2.45) is 4.99 Å². The molecular formula is C17H16ClN3O2S2. The van der Waals surface area contributed by atoms with E-state index in [1.807, 2.05) is 47.3 Å². The van der Waals surface area contributed by atoms with Gasteiger partial charge < -0.3 is 9.13 Å². The van der Waals surface area contributed by atoms with Crippen LogP contribution in [0.1, 0.15) is 17.7 Å². The van der Waals surface area contributed by atoms with Crippen LogP contribution in [0.2, 0.25) is 5.02 Å². The zero-order valence-electron chi connectivity index (χ0n) is 13.5. The number of carbonyl (C=O) groups is 1. The molecule has 0 fully saturated rings. The maximum absolute atomic E-state index is 12.2. The maximum Gasteiger partial charge on any atom is 0.307 e. The Morgan fingerprint density at radius 1 is 1.28 bits per heavy atom. The van der Waals surface area contributed by atoms with Gasteiger partial charge in [0.1, 0.15) is 0 Å². The number of hydrogen-bond donors (Lipinski definition) is 0. The first-order valence-electron chi connectivity index (χ1n) is 7.64. The number of aromatic nitrogens is 2. The van der Waals surface area contributed by atoms with E-state index >= 15 is 0 Å². The molecule has 1 aromatic carbocycles. The van der Waals surface area contributed by atoms with Gasteiger partial charge in [0, 0.05) is 40.6 Å². The van der Waals surface area contributed by atoms with Gasteiger partial charge in [-0.2, -0.15) is 4.99 Å². The first-order chi connectivity index (χ1) is 12.0. The lowest BCUT2D eigenvalue weighted by Gasteiger charge is -2.05. The fourth-order valence-electron chi connectivity index (χ4n) is 2.36. The molecule has 5 nitrogen and oxygen atoms in total. The summed E-state index contributed by atoms with van der Waals surface area (Å²) >= 11 is 8.74. The molecule has 0 unspecified atom stereocenters. The van der Waals surface area contributed by atoms with E-state index in [1.165, 1.54) is 11.3 Å². The van der Waals surface area contributed by atoms with Crippen LogP contribution < -0.4 is 9.67 Å². The van der Waals surface area contributed by atoms with Crippen molar-refractivity contribution in [2.45, 2.75) is 26.4 Å². The van der Waals surface area contributed by atoms with Crippen molar-refractivity contribution in [3.05, 3.63) is 72.0 Å². The molecule has 0 saturated heterocycles. The highest BCUT2D eigenvalue weighted by molar-refractivity contribution is 7.07. The van der Waals surface area contributed by atoms with Crippen LogP contribution in [0.15, 0.2) is 51.0 Å². The summed E-state index contributed by atoms with van der Waals surface area (Å²) in [4.78, 5) is 28.6. The van der Waals surface area contributed by atoms with E-state index in [0.29, 0.717) is 22.9 Å². The Morgan fingerprint density at radius 2 is 2.08 bits per heavy atom. The quantitative estimate of drug-likeness (QED) is 0.667. The molecule has 0 aliphatic heterocycles.